The summed E-state index contributed by atoms with van der Waals surface area (Å²) < 4.78 is 19.6. The molecule has 3 nitrogen and oxygen atoms in total. The molecule has 0 unspecified atom stereocenters. The van der Waals surface area contributed by atoms with Crippen LogP contribution in [0.1, 0.15) is 68.6 Å². The molecule has 2 aliphatic rings. The summed E-state index contributed by atoms with van der Waals surface area (Å²) in [5.74, 6) is 0.194. The van der Waals surface area contributed by atoms with Crippen LogP contribution in [-0.2, 0) is 9.53 Å². The first-order valence-corrected chi connectivity index (χ1v) is 11.3. The summed E-state index contributed by atoms with van der Waals surface area (Å²) in [7, 11) is 0. The summed E-state index contributed by atoms with van der Waals surface area (Å²) in [5.41, 5.74) is 3.39. The molecule has 0 saturated heterocycles. The van der Waals surface area contributed by atoms with Gasteiger partial charge in [0.15, 0.2) is 0 Å². The second-order valence-corrected chi connectivity index (χ2v) is 9.43. The Balaban J connectivity index is 1.19. The molecular formula is C27H28FNO2. The number of nitrogens with zero attached hydrogens (tertiary/aromatic N) is 1. The molecule has 0 N–H and O–H groups in total. The van der Waals surface area contributed by atoms with E-state index in [2.05, 4.69) is 11.1 Å². The molecule has 3 aromatic rings. The van der Waals surface area contributed by atoms with Gasteiger partial charge in [0.2, 0.25) is 0 Å². The zero-order valence-electron chi connectivity index (χ0n) is 17.9. The van der Waals surface area contributed by atoms with E-state index in [4.69, 9.17) is 4.74 Å². The van der Waals surface area contributed by atoms with E-state index in [1.165, 1.54) is 11.6 Å². The molecule has 2 saturated carbocycles. The van der Waals surface area contributed by atoms with Crippen LogP contribution in [0.3, 0.4) is 0 Å². The Labute approximate surface area is 182 Å². The number of pyridine rings is 1. The summed E-state index contributed by atoms with van der Waals surface area (Å²) in [6.07, 6.45) is 7.90. The second kappa shape index (κ2) is 8.07. The lowest BCUT2D eigenvalue weighted by Crippen LogP contribution is -2.44. The number of hydrogen-bond donors (Lipinski definition) is 0. The molecule has 2 aliphatic carbocycles. The van der Waals surface area contributed by atoms with Crippen molar-refractivity contribution in [2.45, 2.75) is 57.5 Å². The van der Waals surface area contributed by atoms with Crippen molar-refractivity contribution < 1.29 is 13.9 Å². The first-order chi connectivity index (χ1) is 15.0. The normalized spacial score (nSPS) is 26.4. The van der Waals surface area contributed by atoms with Crippen molar-refractivity contribution in [1.29, 1.82) is 0 Å². The summed E-state index contributed by atoms with van der Waals surface area (Å²) in [5, 5.41) is 0.938. The fourth-order valence-corrected chi connectivity index (χ4v) is 5.66. The van der Waals surface area contributed by atoms with Gasteiger partial charge in [0, 0.05) is 11.6 Å². The Morgan fingerprint density at radius 2 is 1.84 bits per heavy atom. The van der Waals surface area contributed by atoms with Gasteiger partial charge in [0.1, 0.15) is 11.9 Å². The van der Waals surface area contributed by atoms with Crippen molar-refractivity contribution >= 4 is 16.9 Å². The molecule has 31 heavy (non-hydrogen) atoms. The van der Waals surface area contributed by atoms with Gasteiger partial charge in [-0.25, -0.2) is 4.39 Å². The number of halogens is 1. The summed E-state index contributed by atoms with van der Waals surface area (Å²) >= 11 is 0. The number of fused-ring (bicyclic) bond motifs is 1. The molecule has 1 spiro atoms. The average Bonchev–Trinajstić information content (AvgIpc) is 2.77. The van der Waals surface area contributed by atoms with Gasteiger partial charge in [0.05, 0.1) is 11.4 Å². The average molecular weight is 418 g/mol. The summed E-state index contributed by atoms with van der Waals surface area (Å²) in [6, 6.07) is 16.8. The van der Waals surface area contributed by atoms with Crippen LogP contribution < -0.4 is 0 Å². The Hall–Kier alpha value is -2.75. The van der Waals surface area contributed by atoms with Crippen LogP contribution in [0.4, 0.5) is 4.39 Å². The molecule has 0 aliphatic heterocycles. The molecule has 0 bridgehead atoms. The quantitative estimate of drug-likeness (QED) is 0.442. The molecule has 2 fully saturated rings. The third-order valence-electron chi connectivity index (χ3n) is 7.48. The van der Waals surface area contributed by atoms with E-state index < -0.39 is 0 Å². The first kappa shape index (κ1) is 20.2. The fourth-order valence-electron chi connectivity index (χ4n) is 5.66. The molecule has 160 valence electrons. The van der Waals surface area contributed by atoms with Gasteiger partial charge in [-0.1, -0.05) is 30.3 Å². The van der Waals surface area contributed by atoms with Gasteiger partial charge in [0.25, 0.3) is 0 Å². The van der Waals surface area contributed by atoms with Gasteiger partial charge >= 0.3 is 5.97 Å². The molecular weight excluding hydrogens is 389 g/mol. The lowest BCUT2D eigenvalue weighted by Gasteiger charge is -2.50. The maximum Gasteiger partial charge on any atom is 0.309 e. The van der Waals surface area contributed by atoms with Crippen molar-refractivity contribution in [3.05, 3.63) is 77.7 Å². The Morgan fingerprint density at radius 1 is 1.10 bits per heavy atom. The molecule has 5 rings (SSSR count). The van der Waals surface area contributed by atoms with E-state index in [1.54, 1.807) is 12.1 Å². The SMILES string of the molecule is C[C@H](OC(=O)C1CC2(CCC(c3ccnc4ccc(F)cc34)CC2)C1)c1ccccc1. The molecule has 0 radical (unpaired) electrons. The fraction of sp³-hybridized carbons (Fsp3) is 0.407. The van der Waals surface area contributed by atoms with Crippen LogP contribution in [0.15, 0.2) is 60.8 Å². The maximum atomic E-state index is 13.8. The van der Waals surface area contributed by atoms with Gasteiger partial charge < -0.3 is 4.74 Å². The molecule has 1 atom stereocenters. The van der Waals surface area contributed by atoms with E-state index in [9.17, 15) is 9.18 Å². The summed E-state index contributed by atoms with van der Waals surface area (Å²) in [4.78, 5) is 17.0. The van der Waals surface area contributed by atoms with Crippen molar-refractivity contribution in [1.82, 2.24) is 4.98 Å². The van der Waals surface area contributed by atoms with E-state index in [1.807, 2.05) is 43.5 Å². The number of aromatic nitrogens is 1. The smallest absolute Gasteiger partial charge is 0.309 e. The van der Waals surface area contributed by atoms with E-state index in [-0.39, 0.29) is 29.2 Å². The van der Waals surface area contributed by atoms with Crippen molar-refractivity contribution in [3.63, 3.8) is 0 Å². The lowest BCUT2D eigenvalue weighted by atomic mass is 9.54. The minimum absolute atomic E-state index is 0.0264. The highest BCUT2D eigenvalue weighted by Gasteiger charge is 2.49. The predicted molar refractivity (Wildman–Crippen MR) is 119 cm³/mol. The van der Waals surface area contributed by atoms with Crippen LogP contribution in [0.5, 0.6) is 0 Å². The van der Waals surface area contributed by atoms with Crippen LogP contribution in [-0.4, -0.2) is 11.0 Å². The molecule has 4 heteroatoms. The van der Waals surface area contributed by atoms with Gasteiger partial charge in [-0.2, -0.15) is 0 Å². The standard InChI is InChI=1S/C27H28FNO2/c1-18(19-5-3-2-4-6-19)31-26(30)21-16-27(17-21)12-9-20(10-13-27)23-11-14-29-25-8-7-22(28)15-24(23)25/h2-8,11,14-15,18,20-21H,9-10,12-13,16-17H2,1H3/t18-,20?,21?,27?/m0/s1. The Bertz CT molecular complexity index is 1080. The minimum Gasteiger partial charge on any atom is -0.458 e. The lowest BCUT2D eigenvalue weighted by molar-refractivity contribution is -0.163. The molecule has 2 aromatic carbocycles. The van der Waals surface area contributed by atoms with E-state index >= 15 is 0 Å². The zero-order chi connectivity index (χ0) is 21.4. The van der Waals surface area contributed by atoms with E-state index in [0.717, 1.165) is 55.0 Å². The van der Waals surface area contributed by atoms with Crippen molar-refractivity contribution in [3.8, 4) is 0 Å². The third-order valence-corrected chi connectivity index (χ3v) is 7.48. The molecule has 1 aromatic heterocycles. The largest absolute Gasteiger partial charge is 0.458 e. The number of hydrogen-bond acceptors (Lipinski definition) is 3. The minimum atomic E-state index is -0.209. The van der Waals surface area contributed by atoms with Crippen LogP contribution in [0, 0.1) is 17.2 Å². The molecule has 1 heterocycles. The monoisotopic (exact) mass is 417 g/mol. The van der Waals surface area contributed by atoms with Crippen LogP contribution in [0.25, 0.3) is 10.9 Å². The number of benzene rings is 2. The third kappa shape index (κ3) is 3.96. The highest BCUT2D eigenvalue weighted by atomic mass is 19.1. The van der Waals surface area contributed by atoms with Gasteiger partial charge in [-0.15, -0.1) is 0 Å². The number of carbonyl (C=O) groups excluding carboxylic acids is 1. The topological polar surface area (TPSA) is 39.2 Å². The number of ether oxygens (including phenoxy) is 1. The Kier molecular flexibility index (Phi) is 5.25. The van der Waals surface area contributed by atoms with Crippen LogP contribution in [0.2, 0.25) is 0 Å². The zero-order valence-corrected chi connectivity index (χ0v) is 17.9. The van der Waals surface area contributed by atoms with Gasteiger partial charge in [-0.05, 0) is 92.2 Å². The number of carbonyl (C=O) groups is 1. The molecule has 0 amide bonds. The van der Waals surface area contributed by atoms with E-state index in [0.29, 0.717) is 5.92 Å². The van der Waals surface area contributed by atoms with Gasteiger partial charge in [-0.3, -0.25) is 9.78 Å². The van der Waals surface area contributed by atoms with Crippen LogP contribution >= 0.6 is 0 Å². The Morgan fingerprint density at radius 3 is 2.58 bits per heavy atom. The second-order valence-electron chi connectivity index (χ2n) is 9.43. The first-order valence-electron chi connectivity index (χ1n) is 11.3. The highest BCUT2D eigenvalue weighted by Crippen LogP contribution is 2.57. The summed E-state index contributed by atoms with van der Waals surface area (Å²) in [6.45, 7) is 1.94. The highest BCUT2D eigenvalue weighted by molar-refractivity contribution is 5.82. The van der Waals surface area contributed by atoms with Crippen molar-refractivity contribution in [2.75, 3.05) is 0 Å². The predicted octanol–water partition coefficient (Wildman–Crippen LogP) is 6.73. The number of rotatable bonds is 4. The number of esters is 1. The van der Waals surface area contributed by atoms with Crippen molar-refractivity contribution in [2.24, 2.45) is 11.3 Å². The maximum absolute atomic E-state index is 13.8.